The van der Waals surface area contributed by atoms with E-state index in [0.29, 0.717) is 5.25 Å². The number of nitrogens with zero attached hydrogens (tertiary/aromatic N) is 1. The predicted molar refractivity (Wildman–Crippen MR) is 55.7 cm³/mol. The highest BCUT2D eigenvalue weighted by Crippen LogP contribution is 2.18. The number of thioether (sulfide) groups is 1. The van der Waals surface area contributed by atoms with Crippen molar-refractivity contribution in [1.82, 2.24) is 4.98 Å². The van der Waals surface area contributed by atoms with E-state index in [2.05, 4.69) is 18.8 Å². The van der Waals surface area contributed by atoms with E-state index in [0.717, 1.165) is 10.8 Å². The lowest BCUT2D eigenvalue weighted by Crippen LogP contribution is -1.89. The van der Waals surface area contributed by atoms with Gasteiger partial charge in [0.2, 0.25) is 0 Å². The number of halogens is 1. The van der Waals surface area contributed by atoms with Gasteiger partial charge in [-0.05, 0) is 16.9 Å². The Morgan fingerprint density at radius 1 is 1.50 bits per heavy atom. The lowest BCUT2D eigenvalue weighted by atomic mass is 10.3. The van der Waals surface area contributed by atoms with Gasteiger partial charge < -0.3 is 0 Å². The molecule has 1 heterocycles. The molecule has 1 rings (SSSR count). The van der Waals surface area contributed by atoms with Crippen LogP contribution in [0.5, 0.6) is 0 Å². The maximum absolute atomic E-state index is 5.79. The SMILES string of the molecule is CC(C)SCc1cncc(Cl)c1. The van der Waals surface area contributed by atoms with E-state index >= 15 is 0 Å². The number of rotatable bonds is 3. The topological polar surface area (TPSA) is 12.9 Å². The molecule has 0 amide bonds. The van der Waals surface area contributed by atoms with Gasteiger partial charge in [0, 0.05) is 18.1 Å². The summed E-state index contributed by atoms with van der Waals surface area (Å²) in [6, 6.07) is 1.96. The molecule has 0 spiro atoms. The van der Waals surface area contributed by atoms with Crippen molar-refractivity contribution in [3.05, 3.63) is 29.0 Å². The Labute approximate surface area is 82.5 Å². The second-order valence-corrected chi connectivity index (χ2v) is 4.87. The van der Waals surface area contributed by atoms with Crippen molar-refractivity contribution in [3.63, 3.8) is 0 Å². The molecule has 1 aromatic rings. The predicted octanol–water partition coefficient (Wildman–Crippen LogP) is 3.38. The summed E-state index contributed by atoms with van der Waals surface area (Å²) < 4.78 is 0. The van der Waals surface area contributed by atoms with Crippen LogP contribution in [0.1, 0.15) is 19.4 Å². The molecule has 0 fully saturated rings. The van der Waals surface area contributed by atoms with Crippen LogP contribution in [-0.4, -0.2) is 10.2 Å². The smallest absolute Gasteiger partial charge is 0.0592 e. The van der Waals surface area contributed by atoms with Crippen molar-refractivity contribution < 1.29 is 0 Å². The number of hydrogen-bond donors (Lipinski definition) is 0. The molecule has 0 N–H and O–H groups in total. The highest BCUT2D eigenvalue weighted by molar-refractivity contribution is 7.99. The minimum Gasteiger partial charge on any atom is -0.263 e. The summed E-state index contributed by atoms with van der Waals surface area (Å²) in [5, 5.41) is 1.38. The molecule has 0 saturated heterocycles. The van der Waals surface area contributed by atoms with Crippen LogP contribution in [0.4, 0.5) is 0 Å². The van der Waals surface area contributed by atoms with Crippen molar-refractivity contribution in [3.8, 4) is 0 Å². The largest absolute Gasteiger partial charge is 0.263 e. The van der Waals surface area contributed by atoms with Crippen LogP contribution in [0.15, 0.2) is 18.5 Å². The fourth-order valence-electron chi connectivity index (χ4n) is 0.798. The van der Waals surface area contributed by atoms with Gasteiger partial charge in [-0.3, -0.25) is 4.98 Å². The van der Waals surface area contributed by atoms with E-state index < -0.39 is 0 Å². The molecular formula is C9H12ClNS. The molecule has 0 radical (unpaired) electrons. The summed E-state index contributed by atoms with van der Waals surface area (Å²) in [7, 11) is 0. The summed E-state index contributed by atoms with van der Waals surface area (Å²) in [5.74, 6) is 0.991. The van der Waals surface area contributed by atoms with Crippen molar-refractivity contribution in [1.29, 1.82) is 0 Å². The number of pyridine rings is 1. The third-order valence-electron chi connectivity index (χ3n) is 1.34. The van der Waals surface area contributed by atoms with Gasteiger partial charge in [-0.15, -0.1) is 0 Å². The van der Waals surface area contributed by atoms with E-state index in [4.69, 9.17) is 11.6 Å². The highest BCUT2D eigenvalue weighted by atomic mass is 35.5. The molecule has 3 heteroatoms. The van der Waals surface area contributed by atoms with Gasteiger partial charge in [0.05, 0.1) is 5.02 Å². The van der Waals surface area contributed by atoms with Crippen molar-refractivity contribution in [2.45, 2.75) is 24.9 Å². The molecule has 12 heavy (non-hydrogen) atoms. The Hall–Kier alpha value is -0.210. The molecule has 0 bridgehead atoms. The van der Waals surface area contributed by atoms with E-state index in [1.54, 1.807) is 6.20 Å². The Morgan fingerprint density at radius 3 is 2.83 bits per heavy atom. The number of hydrogen-bond acceptors (Lipinski definition) is 2. The monoisotopic (exact) mass is 201 g/mol. The van der Waals surface area contributed by atoms with Crippen LogP contribution in [-0.2, 0) is 5.75 Å². The molecule has 1 aromatic heterocycles. The van der Waals surface area contributed by atoms with E-state index in [1.165, 1.54) is 5.56 Å². The van der Waals surface area contributed by atoms with Gasteiger partial charge in [0.1, 0.15) is 0 Å². The highest BCUT2D eigenvalue weighted by Gasteiger charge is 1.97. The quantitative estimate of drug-likeness (QED) is 0.744. The van der Waals surface area contributed by atoms with Gasteiger partial charge in [0.15, 0.2) is 0 Å². The maximum Gasteiger partial charge on any atom is 0.0592 e. The summed E-state index contributed by atoms with van der Waals surface area (Å²) in [5.41, 5.74) is 1.20. The van der Waals surface area contributed by atoms with Crippen LogP contribution in [0.2, 0.25) is 5.02 Å². The Bertz CT molecular complexity index is 250. The molecule has 0 saturated carbocycles. The molecule has 0 aliphatic rings. The first kappa shape index (κ1) is 9.87. The van der Waals surface area contributed by atoms with E-state index in [1.807, 2.05) is 24.0 Å². The van der Waals surface area contributed by atoms with Gasteiger partial charge in [-0.1, -0.05) is 25.4 Å². The molecule has 0 aromatic carbocycles. The van der Waals surface area contributed by atoms with Gasteiger partial charge in [-0.2, -0.15) is 11.8 Å². The van der Waals surface area contributed by atoms with Crippen molar-refractivity contribution in [2.75, 3.05) is 0 Å². The molecule has 0 aliphatic heterocycles. The zero-order chi connectivity index (χ0) is 8.97. The maximum atomic E-state index is 5.79. The van der Waals surface area contributed by atoms with E-state index in [-0.39, 0.29) is 0 Å². The summed E-state index contributed by atoms with van der Waals surface area (Å²) in [4.78, 5) is 4.02. The van der Waals surface area contributed by atoms with Crippen LogP contribution in [0, 0.1) is 0 Å². The second-order valence-electron chi connectivity index (χ2n) is 2.87. The molecule has 0 atom stereocenters. The standard InChI is InChI=1S/C9H12ClNS/c1-7(2)12-6-8-3-9(10)5-11-4-8/h3-5,7H,6H2,1-2H3. The first-order valence-corrected chi connectivity index (χ1v) is 5.32. The summed E-state index contributed by atoms with van der Waals surface area (Å²) >= 11 is 7.68. The zero-order valence-electron chi connectivity index (χ0n) is 7.25. The van der Waals surface area contributed by atoms with Gasteiger partial charge in [0.25, 0.3) is 0 Å². The van der Waals surface area contributed by atoms with Gasteiger partial charge in [-0.25, -0.2) is 0 Å². The van der Waals surface area contributed by atoms with Crippen molar-refractivity contribution >= 4 is 23.4 Å². The minimum atomic E-state index is 0.656. The van der Waals surface area contributed by atoms with Crippen LogP contribution < -0.4 is 0 Å². The third-order valence-corrected chi connectivity index (χ3v) is 2.72. The fourth-order valence-corrected chi connectivity index (χ4v) is 1.68. The van der Waals surface area contributed by atoms with Crippen LogP contribution in [0.3, 0.4) is 0 Å². The second kappa shape index (κ2) is 4.73. The molecule has 0 aliphatic carbocycles. The Morgan fingerprint density at radius 2 is 2.25 bits per heavy atom. The molecular weight excluding hydrogens is 190 g/mol. The van der Waals surface area contributed by atoms with E-state index in [9.17, 15) is 0 Å². The van der Waals surface area contributed by atoms with Crippen molar-refractivity contribution in [2.24, 2.45) is 0 Å². The molecule has 66 valence electrons. The van der Waals surface area contributed by atoms with Crippen LogP contribution in [0.25, 0.3) is 0 Å². The average Bonchev–Trinajstić information content (AvgIpc) is 2.01. The minimum absolute atomic E-state index is 0.656. The third kappa shape index (κ3) is 3.46. The molecule has 1 nitrogen and oxygen atoms in total. The zero-order valence-corrected chi connectivity index (χ0v) is 8.82. The average molecular weight is 202 g/mol. The normalized spacial score (nSPS) is 10.7. The summed E-state index contributed by atoms with van der Waals surface area (Å²) in [6.07, 6.45) is 3.52. The first-order valence-electron chi connectivity index (χ1n) is 3.89. The Balaban J connectivity index is 2.52. The first-order chi connectivity index (χ1) is 5.68. The van der Waals surface area contributed by atoms with Crippen LogP contribution >= 0.6 is 23.4 Å². The fraction of sp³-hybridized carbons (Fsp3) is 0.444. The summed E-state index contributed by atoms with van der Waals surface area (Å²) in [6.45, 7) is 4.37. The Kier molecular flexibility index (Phi) is 3.89. The number of aromatic nitrogens is 1. The lowest BCUT2D eigenvalue weighted by molar-refractivity contribution is 1.10. The molecule has 0 unspecified atom stereocenters. The lowest BCUT2D eigenvalue weighted by Gasteiger charge is -2.03. The van der Waals surface area contributed by atoms with Gasteiger partial charge >= 0.3 is 0 Å².